The highest BCUT2D eigenvalue weighted by molar-refractivity contribution is 7.99. The molecular weight excluding hydrogens is 250 g/mol. The van der Waals surface area contributed by atoms with E-state index in [1.165, 1.54) is 11.8 Å². The molecule has 92 valence electrons. The van der Waals surface area contributed by atoms with E-state index in [9.17, 15) is 4.79 Å². The second-order valence-electron chi connectivity index (χ2n) is 3.41. The Hall–Kier alpha value is -2.01. The molecule has 0 aliphatic heterocycles. The number of methoxy groups -OCH3 is 1. The lowest BCUT2D eigenvalue weighted by Gasteiger charge is -2.08. The van der Waals surface area contributed by atoms with Crippen molar-refractivity contribution in [3.05, 3.63) is 48.2 Å². The largest absolute Gasteiger partial charge is 0.494 e. The van der Waals surface area contributed by atoms with Gasteiger partial charge in [-0.3, -0.25) is 0 Å². The molecule has 18 heavy (non-hydrogen) atoms. The molecule has 0 aliphatic rings. The molecule has 0 saturated heterocycles. The van der Waals surface area contributed by atoms with Crippen LogP contribution >= 0.6 is 11.8 Å². The van der Waals surface area contributed by atoms with E-state index in [1.54, 1.807) is 49.7 Å². The van der Waals surface area contributed by atoms with Gasteiger partial charge in [0.05, 0.1) is 12.7 Å². The summed E-state index contributed by atoms with van der Waals surface area (Å²) in [5.74, 6) is -0.323. The van der Waals surface area contributed by atoms with Crippen molar-refractivity contribution in [2.75, 3.05) is 7.11 Å². The fourth-order valence-electron chi connectivity index (χ4n) is 1.44. The highest BCUT2D eigenvalue weighted by Gasteiger charge is 2.13. The van der Waals surface area contributed by atoms with Crippen molar-refractivity contribution >= 4 is 17.7 Å². The van der Waals surface area contributed by atoms with E-state index in [0.29, 0.717) is 15.7 Å². The molecular formula is C13H11NO3S. The number of benzene rings is 1. The third-order valence-electron chi connectivity index (χ3n) is 2.28. The lowest BCUT2D eigenvalue weighted by atomic mass is 10.2. The number of carboxylic acid groups (broad SMARTS) is 1. The maximum Gasteiger partial charge on any atom is 0.336 e. The van der Waals surface area contributed by atoms with Gasteiger partial charge in [0.1, 0.15) is 5.03 Å². The van der Waals surface area contributed by atoms with Crippen LogP contribution in [0.1, 0.15) is 10.4 Å². The zero-order valence-electron chi connectivity index (χ0n) is 9.66. The second-order valence-corrected chi connectivity index (χ2v) is 4.44. The van der Waals surface area contributed by atoms with E-state index in [-0.39, 0.29) is 5.56 Å². The van der Waals surface area contributed by atoms with Crippen LogP contribution in [-0.2, 0) is 0 Å². The molecule has 0 aliphatic carbocycles. The maximum absolute atomic E-state index is 11.1. The van der Waals surface area contributed by atoms with Crippen LogP contribution in [0.2, 0.25) is 0 Å². The number of hydrogen-bond acceptors (Lipinski definition) is 4. The molecule has 1 aromatic carbocycles. The molecule has 0 spiro atoms. The van der Waals surface area contributed by atoms with E-state index < -0.39 is 5.97 Å². The third-order valence-corrected chi connectivity index (χ3v) is 3.36. The van der Waals surface area contributed by atoms with Gasteiger partial charge in [0.15, 0.2) is 5.75 Å². The molecule has 2 rings (SSSR count). The van der Waals surface area contributed by atoms with Gasteiger partial charge in [-0.1, -0.05) is 23.9 Å². The van der Waals surface area contributed by atoms with Crippen LogP contribution in [0.15, 0.2) is 52.5 Å². The number of hydrogen-bond donors (Lipinski definition) is 1. The summed E-state index contributed by atoms with van der Waals surface area (Å²) in [4.78, 5) is 15.9. The van der Waals surface area contributed by atoms with E-state index in [2.05, 4.69) is 4.98 Å². The Morgan fingerprint density at radius 3 is 2.78 bits per heavy atom. The molecule has 0 radical (unpaired) electrons. The molecule has 4 nitrogen and oxygen atoms in total. The Balaban J connectivity index is 2.37. The zero-order valence-corrected chi connectivity index (χ0v) is 10.5. The van der Waals surface area contributed by atoms with Crippen molar-refractivity contribution in [3.8, 4) is 5.75 Å². The first-order chi connectivity index (χ1) is 8.72. The average Bonchev–Trinajstić information content (AvgIpc) is 2.40. The van der Waals surface area contributed by atoms with Crippen LogP contribution in [0, 0.1) is 0 Å². The van der Waals surface area contributed by atoms with Crippen molar-refractivity contribution in [1.82, 2.24) is 4.98 Å². The van der Waals surface area contributed by atoms with Gasteiger partial charge in [0, 0.05) is 11.1 Å². The highest BCUT2D eigenvalue weighted by atomic mass is 32.2. The minimum atomic E-state index is -0.951. The van der Waals surface area contributed by atoms with E-state index in [1.807, 2.05) is 0 Å². The fourth-order valence-corrected chi connectivity index (χ4v) is 2.43. The summed E-state index contributed by atoms with van der Waals surface area (Å²) in [6, 6.07) is 10.4. The number of carboxylic acids is 1. The first-order valence-electron chi connectivity index (χ1n) is 5.21. The van der Waals surface area contributed by atoms with Gasteiger partial charge in [-0.15, -0.1) is 0 Å². The van der Waals surface area contributed by atoms with Crippen molar-refractivity contribution in [2.45, 2.75) is 9.92 Å². The van der Waals surface area contributed by atoms with Crippen LogP contribution in [0.3, 0.4) is 0 Å². The third kappa shape index (κ3) is 2.62. The quantitative estimate of drug-likeness (QED) is 0.917. The summed E-state index contributed by atoms with van der Waals surface area (Å²) >= 11 is 1.28. The number of nitrogens with zero attached hydrogens (tertiary/aromatic N) is 1. The summed E-state index contributed by atoms with van der Waals surface area (Å²) in [5, 5.41) is 9.75. The highest BCUT2D eigenvalue weighted by Crippen LogP contribution is 2.34. The zero-order chi connectivity index (χ0) is 13.0. The number of pyridine rings is 1. The maximum atomic E-state index is 11.1. The molecule has 2 aromatic rings. The summed E-state index contributed by atoms with van der Waals surface area (Å²) in [6.07, 6.45) is 1.65. The topological polar surface area (TPSA) is 59.4 Å². The predicted molar refractivity (Wildman–Crippen MR) is 68.3 cm³/mol. The molecule has 5 heteroatoms. The van der Waals surface area contributed by atoms with Crippen LogP contribution in [0.5, 0.6) is 5.75 Å². The van der Waals surface area contributed by atoms with Crippen LogP contribution in [0.4, 0.5) is 0 Å². The van der Waals surface area contributed by atoms with Gasteiger partial charge in [-0.05, 0) is 24.3 Å². The number of carbonyl (C=O) groups is 1. The normalized spacial score (nSPS) is 10.1. The van der Waals surface area contributed by atoms with Gasteiger partial charge >= 0.3 is 5.97 Å². The standard InChI is InChI=1S/C13H11NO3S/c1-17-10-6-4-8-14-12(10)18-11-7-3-2-5-9(11)13(15)16/h2-8H,1H3,(H,15,16). The molecule has 1 N–H and O–H groups in total. The Labute approximate surface area is 109 Å². The lowest BCUT2D eigenvalue weighted by molar-refractivity contribution is 0.0693. The molecule has 0 amide bonds. The molecule has 0 bridgehead atoms. The summed E-state index contributed by atoms with van der Waals surface area (Å²) in [7, 11) is 1.56. The number of rotatable bonds is 4. The number of aromatic nitrogens is 1. The van der Waals surface area contributed by atoms with Crippen molar-refractivity contribution in [2.24, 2.45) is 0 Å². The molecule has 0 unspecified atom stereocenters. The Kier molecular flexibility index (Phi) is 3.84. The van der Waals surface area contributed by atoms with Gasteiger partial charge in [-0.2, -0.15) is 0 Å². The number of aromatic carboxylic acids is 1. The average molecular weight is 261 g/mol. The van der Waals surface area contributed by atoms with Gasteiger partial charge in [0.2, 0.25) is 0 Å². The monoisotopic (exact) mass is 261 g/mol. The van der Waals surface area contributed by atoms with E-state index >= 15 is 0 Å². The first kappa shape index (κ1) is 12.4. The SMILES string of the molecule is COc1cccnc1Sc1ccccc1C(=O)O. The smallest absolute Gasteiger partial charge is 0.336 e. The summed E-state index contributed by atoms with van der Waals surface area (Å²) < 4.78 is 5.19. The van der Waals surface area contributed by atoms with Gasteiger partial charge < -0.3 is 9.84 Å². The van der Waals surface area contributed by atoms with Gasteiger partial charge in [-0.25, -0.2) is 9.78 Å². The lowest BCUT2D eigenvalue weighted by Crippen LogP contribution is -1.98. The first-order valence-corrected chi connectivity index (χ1v) is 6.03. The Bertz CT molecular complexity index is 572. The van der Waals surface area contributed by atoms with Crippen molar-refractivity contribution < 1.29 is 14.6 Å². The van der Waals surface area contributed by atoms with Crippen LogP contribution in [-0.4, -0.2) is 23.2 Å². The van der Waals surface area contributed by atoms with Crippen LogP contribution < -0.4 is 4.74 Å². The molecule has 0 saturated carbocycles. The van der Waals surface area contributed by atoms with Gasteiger partial charge in [0.25, 0.3) is 0 Å². The summed E-state index contributed by atoms with van der Waals surface area (Å²) in [6.45, 7) is 0. The second kappa shape index (κ2) is 5.55. The van der Waals surface area contributed by atoms with Crippen molar-refractivity contribution in [3.63, 3.8) is 0 Å². The minimum Gasteiger partial charge on any atom is -0.494 e. The molecule has 0 fully saturated rings. The van der Waals surface area contributed by atoms with E-state index in [0.717, 1.165) is 0 Å². The minimum absolute atomic E-state index is 0.259. The Morgan fingerprint density at radius 2 is 2.06 bits per heavy atom. The molecule has 1 aromatic heterocycles. The number of ether oxygens (including phenoxy) is 1. The molecule has 1 heterocycles. The van der Waals surface area contributed by atoms with Crippen molar-refractivity contribution in [1.29, 1.82) is 0 Å². The Morgan fingerprint density at radius 1 is 1.28 bits per heavy atom. The van der Waals surface area contributed by atoms with E-state index in [4.69, 9.17) is 9.84 Å². The fraction of sp³-hybridized carbons (Fsp3) is 0.0769. The molecule has 0 atom stereocenters. The summed E-state index contributed by atoms with van der Waals surface area (Å²) in [5.41, 5.74) is 0.259. The van der Waals surface area contributed by atoms with Crippen LogP contribution in [0.25, 0.3) is 0 Å². The predicted octanol–water partition coefficient (Wildman–Crippen LogP) is 2.94.